The predicted molar refractivity (Wildman–Crippen MR) is 87.7 cm³/mol. The van der Waals surface area contributed by atoms with Gasteiger partial charge in [0, 0.05) is 6.42 Å². The number of hydrogen-bond acceptors (Lipinski definition) is 1. The van der Waals surface area contributed by atoms with Gasteiger partial charge in [-0.2, -0.15) is 0 Å². The number of rotatable bonds is 4. The van der Waals surface area contributed by atoms with Crippen molar-refractivity contribution in [3.05, 3.63) is 69.8 Å². The summed E-state index contributed by atoms with van der Waals surface area (Å²) >= 11 is 0. The van der Waals surface area contributed by atoms with Crippen LogP contribution in [-0.4, -0.2) is 5.11 Å². The molecule has 2 aromatic rings. The second-order valence-corrected chi connectivity index (χ2v) is 6.54. The highest BCUT2D eigenvalue weighted by Crippen LogP contribution is 2.40. The van der Waals surface area contributed by atoms with Gasteiger partial charge in [0.2, 0.25) is 0 Å². The van der Waals surface area contributed by atoms with Crippen LogP contribution in [0.25, 0.3) is 0 Å². The van der Waals surface area contributed by atoms with E-state index in [1.165, 1.54) is 40.7 Å². The third-order valence-electron chi connectivity index (χ3n) is 4.61. The van der Waals surface area contributed by atoms with Gasteiger partial charge < -0.3 is 5.11 Å². The Morgan fingerprint density at radius 1 is 1.00 bits per heavy atom. The Morgan fingerprint density at radius 2 is 1.57 bits per heavy atom. The second kappa shape index (κ2) is 5.65. The maximum Gasteiger partial charge on any atom is 0.0830 e. The zero-order valence-electron chi connectivity index (χ0n) is 13.2. The molecule has 0 saturated heterocycles. The number of aliphatic hydroxyl groups is 1. The molecule has 0 radical (unpaired) electrons. The summed E-state index contributed by atoms with van der Waals surface area (Å²) in [6, 6.07) is 13.0. The molecule has 0 aromatic heterocycles. The molecule has 0 aliphatic heterocycles. The van der Waals surface area contributed by atoms with Crippen molar-refractivity contribution in [1.29, 1.82) is 0 Å². The molecular formula is C20H24O. The fourth-order valence-electron chi connectivity index (χ4n) is 3.25. The molecule has 1 heteroatoms. The first-order valence-corrected chi connectivity index (χ1v) is 7.89. The van der Waals surface area contributed by atoms with Crippen LogP contribution in [-0.2, 0) is 6.42 Å². The Balaban J connectivity index is 1.77. The Kier molecular flexibility index (Phi) is 3.86. The van der Waals surface area contributed by atoms with E-state index in [2.05, 4.69) is 57.2 Å². The minimum Gasteiger partial charge on any atom is -0.388 e. The van der Waals surface area contributed by atoms with Crippen molar-refractivity contribution in [2.45, 2.75) is 52.1 Å². The van der Waals surface area contributed by atoms with Crippen molar-refractivity contribution in [1.82, 2.24) is 0 Å². The zero-order chi connectivity index (χ0) is 15.0. The normalized spacial score (nSPS) is 16.0. The van der Waals surface area contributed by atoms with Crippen LogP contribution in [0.3, 0.4) is 0 Å². The van der Waals surface area contributed by atoms with Gasteiger partial charge in [0.15, 0.2) is 0 Å². The van der Waals surface area contributed by atoms with Crippen LogP contribution in [0.1, 0.15) is 58.2 Å². The van der Waals surface area contributed by atoms with Crippen LogP contribution >= 0.6 is 0 Å². The topological polar surface area (TPSA) is 20.2 Å². The quantitative estimate of drug-likeness (QED) is 0.855. The number of aliphatic hydroxyl groups excluding tert-OH is 1. The Morgan fingerprint density at radius 3 is 2.10 bits per heavy atom. The zero-order valence-corrected chi connectivity index (χ0v) is 13.2. The molecule has 1 N–H and O–H groups in total. The van der Waals surface area contributed by atoms with Gasteiger partial charge in [-0.15, -0.1) is 0 Å². The van der Waals surface area contributed by atoms with E-state index < -0.39 is 6.10 Å². The number of hydrogen-bond donors (Lipinski definition) is 1. The lowest BCUT2D eigenvalue weighted by Gasteiger charge is -2.16. The van der Waals surface area contributed by atoms with Gasteiger partial charge in [0.25, 0.3) is 0 Å². The third kappa shape index (κ3) is 3.19. The lowest BCUT2D eigenvalue weighted by molar-refractivity contribution is 0.178. The fraction of sp³-hybridized carbons (Fsp3) is 0.400. The lowest BCUT2D eigenvalue weighted by atomic mass is 9.92. The van der Waals surface area contributed by atoms with E-state index in [1.807, 2.05) is 0 Å². The molecule has 1 fully saturated rings. The molecule has 1 nitrogen and oxygen atoms in total. The molecule has 0 heterocycles. The largest absolute Gasteiger partial charge is 0.388 e. The molecule has 1 aliphatic rings. The number of aryl methyl sites for hydroxylation is 3. The fourth-order valence-corrected chi connectivity index (χ4v) is 3.25. The summed E-state index contributed by atoms with van der Waals surface area (Å²) in [5, 5.41) is 10.5. The average Bonchev–Trinajstić information content (AvgIpc) is 3.27. The standard InChI is InChI=1S/C20H24O/c1-13-10-14(2)19(15(3)11-13)12-20(21)18-8-6-17(7-9-18)16-4-5-16/h6-11,16,20-21H,4-5,12H2,1-3H3. The molecule has 3 rings (SSSR count). The van der Waals surface area contributed by atoms with Gasteiger partial charge in [-0.1, -0.05) is 42.0 Å². The van der Waals surface area contributed by atoms with Crippen LogP contribution in [0, 0.1) is 20.8 Å². The van der Waals surface area contributed by atoms with E-state index in [9.17, 15) is 5.11 Å². The van der Waals surface area contributed by atoms with Gasteiger partial charge in [-0.05, 0) is 67.3 Å². The van der Waals surface area contributed by atoms with Crippen molar-refractivity contribution >= 4 is 0 Å². The maximum atomic E-state index is 10.5. The molecule has 2 aromatic carbocycles. The van der Waals surface area contributed by atoms with E-state index in [4.69, 9.17) is 0 Å². The smallest absolute Gasteiger partial charge is 0.0830 e. The van der Waals surface area contributed by atoms with Crippen LogP contribution in [0.4, 0.5) is 0 Å². The Hall–Kier alpha value is -1.60. The average molecular weight is 280 g/mol. The molecule has 1 unspecified atom stereocenters. The van der Waals surface area contributed by atoms with Crippen molar-refractivity contribution in [3.8, 4) is 0 Å². The van der Waals surface area contributed by atoms with Crippen LogP contribution in [0.2, 0.25) is 0 Å². The first-order valence-electron chi connectivity index (χ1n) is 7.89. The molecular weight excluding hydrogens is 256 g/mol. The summed E-state index contributed by atoms with van der Waals surface area (Å²) in [7, 11) is 0. The summed E-state index contributed by atoms with van der Waals surface area (Å²) in [5.74, 6) is 0.776. The molecule has 0 spiro atoms. The first-order chi connectivity index (χ1) is 10.0. The summed E-state index contributed by atoms with van der Waals surface area (Å²) in [5.41, 5.74) is 7.58. The van der Waals surface area contributed by atoms with Gasteiger partial charge in [-0.3, -0.25) is 0 Å². The van der Waals surface area contributed by atoms with E-state index >= 15 is 0 Å². The van der Waals surface area contributed by atoms with Gasteiger partial charge in [-0.25, -0.2) is 0 Å². The van der Waals surface area contributed by atoms with Crippen LogP contribution in [0.5, 0.6) is 0 Å². The summed E-state index contributed by atoms with van der Waals surface area (Å²) in [6.07, 6.45) is 2.92. The van der Waals surface area contributed by atoms with Crippen LogP contribution in [0.15, 0.2) is 36.4 Å². The Labute approximate surface area is 127 Å². The van der Waals surface area contributed by atoms with Crippen LogP contribution < -0.4 is 0 Å². The van der Waals surface area contributed by atoms with E-state index in [-0.39, 0.29) is 0 Å². The molecule has 0 amide bonds. The predicted octanol–water partition coefficient (Wildman–Crippen LogP) is 4.77. The van der Waals surface area contributed by atoms with Crippen molar-refractivity contribution in [3.63, 3.8) is 0 Å². The van der Waals surface area contributed by atoms with Crippen molar-refractivity contribution in [2.24, 2.45) is 0 Å². The van der Waals surface area contributed by atoms with Gasteiger partial charge in [0.05, 0.1) is 6.10 Å². The highest BCUT2D eigenvalue weighted by Gasteiger charge is 2.23. The van der Waals surface area contributed by atoms with Gasteiger partial charge in [0.1, 0.15) is 0 Å². The highest BCUT2D eigenvalue weighted by atomic mass is 16.3. The molecule has 1 aliphatic carbocycles. The van der Waals surface area contributed by atoms with Crippen molar-refractivity contribution < 1.29 is 5.11 Å². The highest BCUT2D eigenvalue weighted by molar-refractivity contribution is 5.39. The van der Waals surface area contributed by atoms with Gasteiger partial charge >= 0.3 is 0 Å². The lowest BCUT2D eigenvalue weighted by Crippen LogP contribution is -2.05. The maximum absolute atomic E-state index is 10.5. The summed E-state index contributed by atoms with van der Waals surface area (Å²) in [6.45, 7) is 6.40. The minimum atomic E-state index is -0.418. The van der Waals surface area contributed by atoms with E-state index in [0.29, 0.717) is 6.42 Å². The monoisotopic (exact) mass is 280 g/mol. The minimum absolute atomic E-state index is 0.418. The summed E-state index contributed by atoms with van der Waals surface area (Å²) in [4.78, 5) is 0. The summed E-state index contributed by atoms with van der Waals surface area (Å²) < 4.78 is 0. The SMILES string of the molecule is Cc1cc(C)c(CC(O)c2ccc(C3CC3)cc2)c(C)c1. The first kappa shape index (κ1) is 14.3. The molecule has 1 saturated carbocycles. The van der Waals surface area contributed by atoms with Crippen molar-refractivity contribution in [2.75, 3.05) is 0 Å². The Bertz CT molecular complexity index is 612. The molecule has 1 atom stereocenters. The molecule has 110 valence electrons. The second-order valence-electron chi connectivity index (χ2n) is 6.54. The number of benzene rings is 2. The van der Waals surface area contributed by atoms with E-state index in [1.54, 1.807) is 0 Å². The molecule has 21 heavy (non-hydrogen) atoms. The molecule has 0 bridgehead atoms. The third-order valence-corrected chi connectivity index (χ3v) is 4.61. The van der Waals surface area contributed by atoms with E-state index in [0.717, 1.165) is 11.5 Å².